The molecule has 96 valence electrons. The number of benzene rings is 1. The fourth-order valence-corrected chi connectivity index (χ4v) is 2.08. The third-order valence-electron chi connectivity index (χ3n) is 2.91. The van der Waals surface area contributed by atoms with Gasteiger partial charge in [-0.05, 0) is 18.1 Å². The molecule has 1 aromatic heterocycles. The molecule has 0 saturated carbocycles. The lowest BCUT2D eigenvalue weighted by molar-refractivity contribution is 0.461. The predicted molar refractivity (Wildman–Crippen MR) is 64.0 cm³/mol. The number of rotatable bonds is 5. The number of nitrogens with zero attached hydrogens (tertiary/aromatic N) is 3. The largest absolute Gasteiger partial charge is 0.252 e. The Morgan fingerprint density at radius 3 is 2.78 bits per heavy atom. The van der Waals surface area contributed by atoms with E-state index in [9.17, 15) is 8.78 Å². The third-order valence-corrected chi connectivity index (χ3v) is 2.91. The minimum Gasteiger partial charge on any atom is -0.252 e. The van der Waals surface area contributed by atoms with Gasteiger partial charge in [-0.2, -0.15) is 5.10 Å². The molecule has 2 rings (SSSR count). The maximum atomic E-state index is 13.8. The molecule has 0 aliphatic heterocycles. The average molecular weight is 251 g/mol. The summed E-state index contributed by atoms with van der Waals surface area (Å²) in [5.74, 6) is -1.06. The third kappa shape index (κ3) is 2.91. The lowest BCUT2D eigenvalue weighted by Crippen LogP contribution is -2.11. The first kappa shape index (κ1) is 12.7. The SMILES string of the molecule is CCCC(Cn1cncn1)c1ccc(F)cc1F. The summed E-state index contributed by atoms with van der Waals surface area (Å²) in [4.78, 5) is 3.86. The minimum absolute atomic E-state index is 0.0164. The topological polar surface area (TPSA) is 30.7 Å². The second-order valence-electron chi connectivity index (χ2n) is 4.27. The van der Waals surface area contributed by atoms with E-state index in [1.54, 1.807) is 11.0 Å². The molecule has 0 bridgehead atoms. The van der Waals surface area contributed by atoms with Crippen molar-refractivity contribution in [2.45, 2.75) is 32.2 Å². The maximum Gasteiger partial charge on any atom is 0.137 e. The zero-order chi connectivity index (χ0) is 13.0. The van der Waals surface area contributed by atoms with Gasteiger partial charge in [0.05, 0.1) is 0 Å². The Morgan fingerprint density at radius 1 is 1.33 bits per heavy atom. The summed E-state index contributed by atoms with van der Waals surface area (Å²) in [5, 5.41) is 4.02. The average Bonchev–Trinajstić information content (AvgIpc) is 2.81. The van der Waals surface area contributed by atoms with Crippen LogP contribution in [-0.2, 0) is 6.54 Å². The van der Waals surface area contributed by atoms with E-state index in [1.807, 2.05) is 6.92 Å². The quantitative estimate of drug-likeness (QED) is 0.817. The first-order valence-corrected chi connectivity index (χ1v) is 5.98. The lowest BCUT2D eigenvalue weighted by atomic mass is 9.94. The Morgan fingerprint density at radius 2 is 2.17 bits per heavy atom. The smallest absolute Gasteiger partial charge is 0.137 e. The summed E-state index contributed by atoms with van der Waals surface area (Å²) in [5.41, 5.74) is 0.536. The van der Waals surface area contributed by atoms with Crippen molar-refractivity contribution in [3.8, 4) is 0 Å². The van der Waals surface area contributed by atoms with E-state index < -0.39 is 11.6 Å². The van der Waals surface area contributed by atoms with Gasteiger partial charge < -0.3 is 0 Å². The molecule has 0 radical (unpaired) electrons. The Kier molecular flexibility index (Phi) is 4.02. The van der Waals surface area contributed by atoms with E-state index in [-0.39, 0.29) is 5.92 Å². The van der Waals surface area contributed by atoms with Crippen molar-refractivity contribution in [3.05, 3.63) is 48.1 Å². The van der Waals surface area contributed by atoms with E-state index in [2.05, 4.69) is 10.1 Å². The van der Waals surface area contributed by atoms with Crippen LogP contribution in [0.1, 0.15) is 31.2 Å². The van der Waals surface area contributed by atoms with Crippen molar-refractivity contribution in [1.82, 2.24) is 14.8 Å². The number of aromatic nitrogens is 3. The molecule has 2 aromatic rings. The van der Waals surface area contributed by atoms with E-state index in [0.29, 0.717) is 12.1 Å². The van der Waals surface area contributed by atoms with E-state index >= 15 is 0 Å². The number of halogens is 2. The molecule has 5 heteroatoms. The van der Waals surface area contributed by atoms with E-state index in [4.69, 9.17) is 0 Å². The molecular formula is C13H15F2N3. The summed E-state index contributed by atoms with van der Waals surface area (Å²) in [6.45, 7) is 2.59. The van der Waals surface area contributed by atoms with Gasteiger partial charge in [0, 0.05) is 18.5 Å². The van der Waals surface area contributed by atoms with E-state index in [1.165, 1.54) is 18.5 Å². The molecule has 0 aliphatic rings. The van der Waals surface area contributed by atoms with Gasteiger partial charge in [-0.15, -0.1) is 0 Å². The van der Waals surface area contributed by atoms with Crippen LogP contribution in [0.5, 0.6) is 0 Å². The molecule has 1 unspecified atom stereocenters. The molecule has 1 heterocycles. The summed E-state index contributed by atoms with van der Waals surface area (Å²) in [6.07, 6.45) is 4.80. The Balaban J connectivity index is 2.23. The van der Waals surface area contributed by atoms with Gasteiger partial charge in [0.1, 0.15) is 24.3 Å². The molecule has 18 heavy (non-hydrogen) atoms. The van der Waals surface area contributed by atoms with Gasteiger partial charge in [0.25, 0.3) is 0 Å². The normalized spacial score (nSPS) is 12.6. The molecule has 1 aromatic carbocycles. The molecule has 3 nitrogen and oxygen atoms in total. The summed E-state index contributed by atoms with van der Waals surface area (Å²) in [6, 6.07) is 3.74. The molecule has 0 aliphatic carbocycles. The molecule has 0 spiro atoms. The van der Waals surface area contributed by atoms with Crippen LogP contribution < -0.4 is 0 Å². The summed E-state index contributed by atoms with van der Waals surface area (Å²) in [7, 11) is 0. The fourth-order valence-electron chi connectivity index (χ4n) is 2.08. The molecule has 0 saturated heterocycles. The molecule has 0 N–H and O–H groups in total. The first-order chi connectivity index (χ1) is 8.70. The highest BCUT2D eigenvalue weighted by atomic mass is 19.1. The van der Waals surface area contributed by atoms with Crippen molar-refractivity contribution in [2.24, 2.45) is 0 Å². The van der Waals surface area contributed by atoms with Crippen molar-refractivity contribution in [2.75, 3.05) is 0 Å². The van der Waals surface area contributed by atoms with Gasteiger partial charge in [-0.3, -0.25) is 4.68 Å². The van der Waals surface area contributed by atoms with Crippen LogP contribution in [0.25, 0.3) is 0 Å². The second-order valence-corrected chi connectivity index (χ2v) is 4.27. The number of hydrogen-bond donors (Lipinski definition) is 0. The standard InChI is InChI=1S/C13H15F2N3/c1-2-3-10(7-18-9-16-8-17-18)12-5-4-11(14)6-13(12)15/h4-6,8-10H,2-3,7H2,1H3. The predicted octanol–water partition coefficient (Wildman–Crippen LogP) is 3.14. The first-order valence-electron chi connectivity index (χ1n) is 5.98. The molecule has 0 fully saturated rings. The van der Waals surface area contributed by atoms with Gasteiger partial charge in [0.2, 0.25) is 0 Å². The van der Waals surface area contributed by atoms with Crippen LogP contribution in [0.15, 0.2) is 30.9 Å². The van der Waals surface area contributed by atoms with E-state index in [0.717, 1.165) is 18.9 Å². The van der Waals surface area contributed by atoms with Crippen molar-refractivity contribution < 1.29 is 8.78 Å². The fraction of sp³-hybridized carbons (Fsp3) is 0.385. The maximum absolute atomic E-state index is 13.8. The lowest BCUT2D eigenvalue weighted by Gasteiger charge is -2.17. The zero-order valence-corrected chi connectivity index (χ0v) is 10.2. The van der Waals surface area contributed by atoms with Crippen LogP contribution >= 0.6 is 0 Å². The van der Waals surface area contributed by atoms with Crippen LogP contribution in [0.2, 0.25) is 0 Å². The summed E-state index contributed by atoms with van der Waals surface area (Å²) < 4.78 is 28.3. The van der Waals surface area contributed by atoms with Crippen molar-refractivity contribution in [1.29, 1.82) is 0 Å². The van der Waals surface area contributed by atoms with Gasteiger partial charge in [-0.1, -0.05) is 19.4 Å². The molecule has 0 amide bonds. The molecular weight excluding hydrogens is 236 g/mol. The Labute approximate surface area is 104 Å². The highest BCUT2D eigenvalue weighted by Gasteiger charge is 2.16. The van der Waals surface area contributed by atoms with Gasteiger partial charge in [0.15, 0.2) is 0 Å². The van der Waals surface area contributed by atoms with Crippen molar-refractivity contribution in [3.63, 3.8) is 0 Å². The van der Waals surface area contributed by atoms with Crippen LogP contribution in [0.4, 0.5) is 8.78 Å². The number of hydrogen-bond acceptors (Lipinski definition) is 2. The highest BCUT2D eigenvalue weighted by Crippen LogP contribution is 2.26. The minimum atomic E-state index is -0.549. The van der Waals surface area contributed by atoms with Crippen LogP contribution in [0.3, 0.4) is 0 Å². The Bertz CT molecular complexity index is 497. The second kappa shape index (κ2) is 5.71. The van der Waals surface area contributed by atoms with Crippen molar-refractivity contribution >= 4 is 0 Å². The summed E-state index contributed by atoms with van der Waals surface area (Å²) >= 11 is 0. The highest BCUT2D eigenvalue weighted by molar-refractivity contribution is 5.22. The Hall–Kier alpha value is -1.78. The zero-order valence-electron chi connectivity index (χ0n) is 10.2. The van der Waals surface area contributed by atoms with Crippen LogP contribution in [-0.4, -0.2) is 14.8 Å². The van der Waals surface area contributed by atoms with Gasteiger partial charge >= 0.3 is 0 Å². The molecule has 1 atom stereocenters. The monoisotopic (exact) mass is 251 g/mol. The van der Waals surface area contributed by atoms with Gasteiger partial charge in [-0.25, -0.2) is 13.8 Å². The van der Waals surface area contributed by atoms with Crippen LogP contribution in [0, 0.1) is 11.6 Å².